The summed E-state index contributed by atoms with van der Waals surface area (Å²) in [4.78, 5) is 0. The summed E-state index contributed by atoms with van der Waals surface area (Å²) in [5.41, 5.74) is 1.68. The van der Waals surface area contributed by atoms with Gasteiger partial charge in [-0.15, -0.1) is 0 Å². The minimum Gasteiger partial charge on any atom is -0.243 e. The number of benzene rings is 1. The van der Waals surface area contributed by atoms with E-state index in [0.717, 1.165) is 5.56 Å². The Morgan fingerprint density at radius 2 is 2.27 bits per heavy atom. The normalized spacial score (nSPS) is 12.5. The van der Waals surface area contributed by atoms with Crippen molar-refractivity contribution in [2.75, 3.05) is 0 Å². The predicted octanol–water partition coefficient (Wildman–Crippen LogP) is 3.36. The lowest BCUT2D eigenvalue weighted by Gasteiger charge is -2.01. The third-order valence-corrected chi connectivity index (χ3v) is 1.61. The van der Waals surface area contributed by atoms with Gasteiger partial charge < -0.3 is 0 Å². The van der Waals surface area contributed by atoms with E-state index in [1.807, 2.05) is 12.1 Å². The van der Waals surface area contributed by atoms with E-state index in [-0.39, 0.29) is 0 Å². The number of rotatable bonds is 2. The van der Waals surface area contributed by atoms with Crippen LogP contribution in [-0.4, -0.2) is 0 Å². The van der Waals surface area contributed by atoms with Crippen LogP contribution in [0.15, 0.2) is 30.8 Å². The highest BCUT2D eigenvalue weighted by atomic mass is 19.1. The van der Waals surface area contributed by atoms with Gasteiger partial charge in [-0.1, -0.05) is 30.9 Å². The van der Waals surface area contributed by atoms with Gasteiger partial charge in [0.05, 0.1) is 0 Å². The van der Waals surface area contributed by atoms with Crippen LogP contribution >= 0.6 is 0 Å². The molecular weight excluding hydrogens is 139 g/mol. The largest absolute Gasteiger partial charge is 0.243 e. The van der Waals surface area contributed by atoms with Crippen molar-refractivity contribution in [1.29, 1.82) is 0 Å². The third kappa shape index (κ3) is 1.90. The Kier molecular flexibility index (Phi) is 2.42. The Bertz CT molecular complexity index is 251. The third-order valence-electron chi connectivity index (χ3n) is 1.61. The van der Waals surface area contributed by atoms with Crippen LogP contribution in [-0.2, 0) is 0 Å². The van der Waals surface area contributed by atoms with Crippen molar-refractivity contribution < 1.29 is 4.39 Å². The SMILES string of the molecule is C=Cc1cccc(C(C)F)c1. The predicted molar refractivity (Wildman–Crippen MR) is 46.1 cm³/mol. The van der Waals surface area contributed by atoms with Gasteiger partial charge in [0.2, 0.25) is 0 Å². The number of halogens is 1. The van der Waals surface area contributed by atoms with E-state index in [9.17, 15) is 4.39 Å². The molecule has 1 unspecified atom stereocenters. The van der Waals surface area contributed by atoms with Gasteiger partial charge in [0, 0.05) is 0 Å². The molecule has 0 aliphatic carbocycles. The summed E-state index contributed by atoms with van der Waals surface area (Å²) in [6.45, 7) is 5.14. The van der Waals surface area contributed by atoms with Crippen molar-refractivity contribution >= 4 is 6.08 Å². The van der Waals surface area contributed by atoms with Crippen molar-refractivity contribution in [1.82, 2.24) is 0 Å². The number of hydrogen-bond donors (Lipinski definition) is 0. The minimum absolute atomic E-state index is 0.711. The molecule has 1 aromatic rings. The summed E-state index contributed by atoms with van der Waals surface area (Å²) in [6.07, 6.45) is 0.821. The van der Waals surface area contributed by atoms with Gasteiger partial charge in [0.15, 0.2) is 0 Å². The molecule has 0 bridgehead atoms. The van der Waals surface area contributed by atoms with E-state index in [2.05, 4.69) is 6.58 Å². The molecule has 0 N–H and O–H groups in total. The topological polar surface area (TPSA) is 0 Å². The Labute approximate surface area is 66.4 Å². The van der Waals surface area contributed by atoms with Crippen LogP contribution in [0.5, 0.6) is 0 Å². The maximum absolute atomic E-state index is 12.7. The van der Waals surface area contributed by atoms with Crippen LogP contribution < -0.4 is 0 Å². The zero-order valence-electron chi connectivity index (χ0n) is 6.55. The van der Waals surface area contributed by atoms with Crippen LogP contribution in [0.1, 0.15) is 24.2 Å². The van der Waals surface area contributed by atoms with Crippen molar-refractivity contribution in [2.45, 2.75) is 13.1 Å². The fraction of sp³-hybridized carbons (Fsp3) is 0.200. The van der Waals surface area contributed by atoms with Crippen molar-refractivity contribution in [2.24, 2.45) is 0 Å². The molecule has 0 saturated carbocycles. The van der Waals surface area contributed by atoms with Crippen LogP contribution in [0.25, 0.3) is 6.08 Å². The lowest BCUT2D eigenvalue weighted by molar-refractivity contribution is 0.374. The van der Waals surface area contributed by atoms with Gasteiger partial charge in [0.1, 0.15) is 6.17 Å². The zero-order chi connectivity index (χ0) is 8.27. The zero-order valence-corrected chi connectivity index (χ0v) is 6.55. The smallest absolute Gasteiger partial charge is 0.122 e. The molecule has 0 aliphatic rings. The molecule has 0 spiro atoms. The van der Waals surface area contributed by atoms with E-state index in [1.54, 1.807) is 18.2 Å². The van der Waals surface area contributed by atoms with Crippen LogP contribution in [0.4, 0.5) is 4.39 Å². The highest BCUT2D eigenvalue weighted by molar-refractivity contribution is 5.48. The number of hydrogen-bond acceptors (Lipinski definition) is 0. The van der Waals surface area contributed by atoms with E-state index >= 15 is 0 Å². The molecule has 0 fully saturated rings. The molecule has 1 heteroatoms. The highest BCUT2D eigenvalue weighted by Gasteiger charge is 2.00. The first-order valence-electron chi connectivity index (χ1n) is 3.60. The Morgan fingerprint density at radius 1 is 1.55 bits per heavy atom. The number of alkyl halides is 1. The molecular formula is C10H11F. The summed E-state index contributed by atoms with van der Waals surface area (Å²) < 4.78 is 12.7. The van der Waals surface area contributed by atoms with Gasteiger partial charge in [-0.2, -0.15) is 0 Å². The Balaban J connectivity index is 3.00. The first kappa shape index (κ1) is 7.99. The van der Waals surface area contributed by atoms with Crippen LogP contribution in [0, 0.1) is 0 Å². The Hall–Kier alpha value is -1.11. The van der Waals surface area contributed by atoms with E-state index in [1.165, 1.54) is 6.92 Å². The lowest BCUT2D eigenvalue weighted by Crippen LogP contribution is -1.84. The summed E-state index contributed by atoms with van der Waals surface area (Å²) >= 11 is 0. The molecule has 0 saturated heterocycles. The summed E-state index contributed by atoms with van der Waals surface area (Å²) in [5, 5.41) is 0. The summed E-state index contributed by atoms with van der Waals surface area (Å²) in [7, 11) is 0. The van der Waals surface area contributed by atoms with Gasteiger partial charge in [0.25, 0.3) is 0 Å². The maximum Gasteiger partial charge on any atom is 0.122 e. The van der Waals surface area contributed by atoms with Crippen LogP contribution in [0.2, 0.25) is 0 Å². The lowest BCUT2D eigenvalue weighted by atomic mass is 10.1. The molecule has 0 nitrogen and oxygen atoms in total. The monoisotopic (exact) mass is 150 g/mol. The minimum atomic E-state index is -0.894. The maximum atomic E-state index is 12.7. The molecule has 0 amide bonds. The second-order valence-corrected chi connectivity index (χ2v) is 2.49. The Morgan fingerprint density at radius 3 is 2.82 bits per heavy atom. The van der Waals surface area contributed by atoms with Gasteiger partial charge in [-0.25, -0.2) is 4.39 Å². The molecule has 58 valence electrons. The molecule has 0 heterocycles. The standard InChI is InChI=1S/C10H11F/c1-3-9-5-4-6-10(7-9)8(2)11/h3-8H,1H2,2H3. The van der Waals surface area contributed by atoms with Gasteiger partial charge in [-0.05, 0) is 24.1 Å². The molecule has 1 rings (SSSR count). The fourth-order valence-electron chi connectivity index (χ4n) is 0.933. The molecule has 0 aromatic heterocycles. The van der Waals surface area contributed by atoms with Gasteiger partial charge in [-0.3, -0.25) is 0 Å². The summed E-state index contributed by atoms with van der Waals surface area (Å²) in [5.74, 6) is 0. The van der Waals surface area contributed by atoms with Crippen LogP contribution in [0.3, 0.4) is 0 Å². The average Bonchev–Trinajstić information content (AvgIpc) is 2.05. The van der Waals surface area contributed by atoms with Crippen molar-refractivity contribution in [3.05, 3.63) is 42.0 Å². The molecule has 0 radical (unpaired) electrons. The molecule has 1 aromatic carbocycles. The first-order valence-corrected chi connectivity index (χ1v) is 3.60. The highest BCUT2D eigenvalue weighted by Crippen LogP contribution is 2.17. The van der Waals surface area contributed by atoms with Crippen molar-refractivity contribution in [3.63, 3.8) is 0 Å². The quantitative estimate of drug-likeness (QED) is 0.606. The fourth-order valence-corrected chi connectivity index (χ4v) is 0.933. The van der Waals surface area contributed by atoms with Gasteiger partial charge >= 0.3 is 0 Å². The summed E-state index contributed by atoms with van der Waals surface area (Å²) in [6, 6.07) is 7.32. The van der Waals surface area contributed by atoms with E-state index in [0.29, 0.717) is 5.56 Å². The van der Waals surface area contributed by atoms with E-state index in [4.69, 9.17) is 0 Å². The first-order chi connectivity index (χ1) is 5.24. The second-order valence-electron chi connectivity index (χ2n) is 2.49. The molecule has 11 heavy (non-hydrogen) atoms. The second kappa shape index (κ2) is 3.33. The molecule has 1 atom stereocenters. The molecule has 0 aliphatic heterocycles. The van der Waals surface area contributed by atoms with E-state index < -0.39 is 6.17 Å². The van der Waals surface area contributed by atoms with Crippen molar-refractivity contribution in [3.8, 4) is 0 Å². The average molecular weight is 150 g/mol.